The normalized spacial score (nSPS) is 21.4. The zero-order chi connectivity index (χ0) is 13.7. The van der Waals surface area contributed by atoms with Crippen molar-refractivity contribution in [1.29, 1.82) is 0 Å². The molecule has 0 radical (unpaired) electrons. The van der Waals surface area contributed by atoms with E-state index in [1.165, 1.54) is 0 Å². The second-order valence-corrected chi connectivity index (χ2v) is 4.98. The van der Waals surface area contributed by atoms with Crippen LogP contribution in [-0.4, -0.2) is 18.6 Å². The second-order valence-electron chi connectivity index (χ2n) is 4.98. The maximum absolute atomic E-state index is 11.8. The van der Waals surface area contributed by atoms with Gasteiger partial charge in [0, 0.05) is 12.6 Å². The lowest BCUT2D eigenvalue weighted by atomic mass is 10.1. The minimum atomic E-state index is -0.367. The first kappa shape index (κ1) is 13.9. The van der Waals surface area contributed by atoms with Gasteiger partial charge < -0.3 is 15.8 Å². The first-order valence-electron chi connectivity index (χ1n) is 7.00. The molecule has 104 valence electrons. The lowest BCUT2D eigenvalue weighted by Gasteiger charge is -2.16. The van der Waals surface area contributed by atoms with Gasteiger partial charge in [-0.05, 0) is 43.4 Å². The monoisotopic (exact) mass is 262 g/mol. The Bertz CT molecular complexity index is 417. The fourth-order valence-corrected chi connectivity index (χ4v) is 2.22. The van der Waals surface area contributed by atoms with E-state index in [9.17, 15) is 4.79 Å². The topological polar surface area (TPSA) is 64.3 Å². The van der Waals surface area contributed by atoms with Gasteiger partial charge in [0.1, 0.15) is 5.75 Å². The summed E-state index contributed by atoms with van der Waals surface area (Å²) in [4.78, 5) is 11.8. The highest BCUT2D eigenvalue weighted by Crippen LogP contribution is 2.20. The van der Waals surface area contributed by atoms with Crippen molar-refractivity contribution in [1.82, 2.24) is 5.32 Å². The van der Waals surface area contributed by atoms with E-state index >= 15 is 0 Å². The molecule has 1 amide bonds. The van der Waals surface area contributed by atoms with E-state index in [0.717, 1.165) is 43.5 Å². The van der Waals surface area contributed by atoms with Crippen molar-refractivity contribution in [3.63, 3.8) is 0 Å². The number of benzene rings is 1. The van der Waals surface area contributed by atoms with Crippen LogP contribution in [0.4, 0.5) is 0 Å². The average Bonchev–Trinajstić information content (AvgIpc) is 2.64. The summed E-state index contributed by atoms with van der Waals surface area (Å²) < 4.78 is 5.76. The fraction of sp³-hybridized carbons (Fsp3) is 0.533. The van der Waals surface area contributed by atoms with Gasteiger partial charge in [0.15, 0.2) is 6.10 Å². The lowest BCUT2D eigenvalue weighted by Crippen LogP contribution is -2.36. The maximum atomic E-state index is 11.8. The van der Waals surface area contributed by atoms with Gasteiger partial charge >= 0.3 is 0 Å². The van der Waals surface area contributed by atoms with E-state index < -0.39 is 0 Å². The largest absolute Gasteiger partial charge is 0.481 e. The Morgan fingerprint density at radius 3 is 2.79 bits per heavy atom. The highest BCUT2D eigenvalue weighted by atomic mass is 16.5. The Morgan fingerprint density at radius 2 is 2.11 bits per heavy atom. The maximum Gasteiger partial charge on any atom is 0.261 e. The smallest absolute Gasteiger partial charge is 0.261 e. The number of nitrogens with two attached hydrogens (primary N) is 1. The van der Waals surface area contributed by atoms with E-state index in [0.29, 0.717) is 0 Å². The van der Waals surface area contributed by atoms with Crippen molar-refractivity contribution in [3.8, 4) is 5.75 Å². The molecule has 0 bridgehead atoms. The summed E-state index contributed by atoms with van der Waals surface area (Å²) in [7, 11) is 0. The van der Waals surface area contributed by atoms with E-state index in [1.807, 2.05) is 24.3 Å². The molecule has 1 aromatic carbocycles. The predicted molar refractivity (Wildman–Crippen MR) is 74.9 cm³/mol. The molecule has 1 aromatic rings. The summed E-state index contributed by atoms with van der Waals surface area (Å²) in [5.74, 6) is 0.723. The molecule has 4 heteroatoms. The Balaban J connectivity index is 2.00. The van der Waals surface area contributed by atoms with E-state index in [2.05, 4.69) is 12.2 Å². The molecule has 2 atom stereocenters. The van der Waals surface area contributed by atoms with Crippen molar-refractivity contribution >= 4 is 5.91 Å². The van der Waals surface area contributed by atoms with Gasteiger partial charge in [-0.1, -0.05) is 19.1 Å². The molecule has 1 unspecified atom stereocenters. The highest BCUT2D eigenvalue weighted by molar-refractivity contribution is 5.81. The molecule has 0 aromatic heterocycles. The molecule has 1 aliphatic heterocycles. The van der Waals surface area contributed by atoms with Crippen molar-refractivity contribution in [2.45, 2.75) is 44.8 Å². The minimum Gasteiger partial charge on any atom is -0.481 e. The van der Waals surface area contributed by atoms with Gasteiger partial charge in [0.25, 0.3) is 5.91 Å². The number of hydrogen-bond donors (Lipinski definition) is 2. The molecule has 1 heterocycles. The van der Waals surface area contributed by atoms with Gasteiger partial charge in [0.05, 0.1) is 0 Å². The van der Waals surface area contributed by atoms with Gasteiger partial charge in [0.2, 0.25) is 0 Å². The molecule has 0 aliphatic carbocycles. The van der Waals surface area contributed by atoms with E-state index in [1.54, 1.807) is 0 Å². The molecule has 1 aliphatic rings. The first-order chi connectivity index (χ1) is 9.20. The number of carbonyl (C=O) groups excluding carboxylic acids is 1. The summed E-state index contributed by atoms with van der Waals surface area (Å²) in [5.41, 5.74) is 7.06. The number of amides is 1. The van der Waals surface area contributed by atoms with Crippen LogP contribution < -0.4 is 15.8 Å². The Kier molecular flexibility index (Phi) is 4.80. The molecule has 4 nitrogen and oxygen atoms in total. The molecule has 1 fully saturated rings. The molecule has 0 spiro atoms. The molecule has 19 heavy (non-hydrogen) atoms. The molecule has 0 saturated carbocycles. The summed E-state index contributed by atoms with van der Waals surface area (Å²) in [6, 6.07) is 7.79. The standard InChI is InChI=1S/C15H22N2O2/c1-2-13(16)11-6-8-12(9-7-11)19-14-5-3-4-10-17-15(14)18/h6-9,13-14H,2-5,10,16H2,1H3,(H,17,18)/t13-,14?/m1/s1. The predicted octanol–water partition coefficient (Wildman–Crippen LogP) is 2.14. The van der Waals surface area contributed by atoms with Crippen LogP contribution in [-0.2, 0) is 4.79 Å². The van der Waals surface area contributed by atoms with Crippen molar-refractivity contribution in [2.24, 2.45) is 5.73 Å². The van der Waals surface area contributed by atoms with Crippen LogP contribution in [0.1, 0.15) is 44.2 Å². The van der Waals surface area contributed by atoms with Gasteiger partial charge in [-0.2, -0.15) is 0 Å². The molecular weight excluding hydrogens is 240 g/mol. The Labute approximate surface area is 114 Å². The minimum absolute atomic E-state index is 0.00756. The third-order valence-electron chi connectivity index (χ3n) is 3.51. The molecule has 3 N–H and O–H groups in total. The third-order valence-corrected chi connectivity index (χ3v) is 3.51. The average molecular weight is 262 g/mol. The fourth-order valence-electron chi connectivity index (χ4n) is 2.22. The Hall–Kier alpha value is -1.55. The van der Waals surface area contributed by atoms with Crippen molar-refractivity contribution in [3.05, 3.63) is 29.8 Å². The third kappa shape index (κ3) is 3.70. The van der Waals surface area contributed by atoms with E-state index in [-0.39, 0.29) is 18.1 Å². The van der Waals surface area contributed by atoms with Crippen LogP contribution in [0.5, 0.6) is 5.75 Å². The van der Waals surface area contributed by atoms with Crippen LogP contribution in [0.15, 0.2) is 24.3 Å². The number of nitrogens with one attached hydrogen (secondary N) is 1. The van der Waals surface area contributed by atoms with Crippen molar-refractivity contribution in [2.75, 3.05) is 6.54 Å². The zero-order valence-corrected chi connectivity index (χ0v) is 11.4. The SMILES string of the molecule is CC[C@@H](N)c1ccc(OC2CCCCNC2=O)cc1. The summed E-state index contributed by atoms with van der Waals surface area (Å²) in [6.07, 6.45) is 3.36. The summed E-state index contributed by atoms with van der Waals surface area (Å²) in [5, 5.41) is 2.87. The Morgan fingerprint density at radius 1 is 1.37 bits per heavy atom. The van der Waals surface area contributed by atoms with Crippen LogP contribution in [0.25, 0.3) is 0 Å². The van der Waals surface area contributed by atoms with E-state index in [4.69, 9.17) is 10.5 Å². The first-order valence-corrected chi connectivity index (χ1v) is 7.00. The molecule has 2 rings (SSSR count). The molecular formula is C15H22N2O2. The number of ether oxygens (including phenoxy) is 1. The van der Waals surface area contributed by atoms with Gasteiger partial charge in [-0.15, -0.1) is 0 Å². The van der Waals surface area contributed by atoms with Crippen LogP contribution in [0, 0.1) is 0 Å². The molecule has 1 saturated heterocycles. The van der Waals surface area contributed by atoms with Crippen LogP contribution in [0.2, 0.25) is 0 Å². The summed E-state index contributed by atoms with van der Waals surface area (Å²) in [6.45, 7) is 2.81. The summed E-state index contributed by atoms with van der Waals surface area (Å²) >= 11 is 0. The number of hydrogen-bond acceptors (Lipinski definition) is 3. The highest BCUT2D eigenvalue weighted by Gasteiger charge is 2.22. The van der Waals surface area contributed by atoms with Gasteiger partial charge in [-0.25, -0.2) is 0 Å². The number of rotatable bonds is 4. The second kappa shape index (κ2) is 6.57. The lowest BCUT2D eigenvalue weighted by molar-refractivity contribution is -0.127. The van der Waals surface area contributed by atoms with Crippen molar-refractivity contribution < 1.29 is 9.53 Å². The van der Waals surface area contributed by atoms with Gasteiger partial charge in [-0.3, -0.25) is 4.79 Å². The van der Waals surface area contributed by atoms with Crippen LogP contribution in [0.3, 0.4) is 0 Å². The van der Waals surface area contributed by atoms with Crippen LogP contribution >= 0.6 is 0 Å². The quantitative estimate of drug-likeness (QED) is 0.873. The zero-order valence-electron chi connectivity index (χ0n) is 11.4. The number of carbonyl (C=O) groups is 1.